The molecule has 1 fully saturated rings. The first-order valence-corrected chi connectivity index (χ1v) is 8.39. The molecule has 0 aliphatic carbocycles. The topological polar surface area (TPSA) is 54.7 Å². The molecule has 0 bridgehead atoms. The number of amides is 1. The van der Waals surface area contributed by atoms with E-state index in [1.54, 1.807) is 19.4 Å². The Balaban J connectivity index is 1.75. The fourth-order valence-electron chi connectivity index (χ4n) is 3.23. The van der Waals surface area contributed by atoms with Crippen molar-refractivity contribution >= 4 is 5.91 Å². The van der Waals surface area contributed by atoms with Gasteiger partial charge in [0.05, 0.1) is 19.4 Å². The minimum absolute atomic E-state index is 0.141. The number of nitrogens with zero attached hydrogens (tertiary/aromatic N) is 1. The third kappa shape index (κ3) is 3.62. The number of ether oxygens (including phenoxy) is 1. The van der Waals surface area contributed by atoms with E-state index in [1.807, 2.05) is 25.1 Å². The van der Waals surface area contributed by atoms with Crippen LogP contribution in [0.25, 0.3) is 0 Å². The van der Waals surface area contributed by atoms with E-state index in [-0.39, 0.29) is 11.9 Å². The van der Waals surface area contributed by atoms with Crippen LogP contribution in [-0.2, 0) is 0 Å². The van der Waals surface area contributed by atoms with Crippen molar-refractivity contribution in [2.24, 2.45) is 0 Å². The van der Waals surface area contributed by atoms with Gasteiger partial charge in [0, 0.05) is 12.1 Å². The Morgan fingerprint density at radius 3 is 2.79 bits per heavy atom. The van der Waals surface area contributed by atoms with Gasteiger partial charge in [-0.2, -0.15) is 0 Å². The number of nitrogens with one attached hydrogen (secondary N) is 1. The van der Waals surface area contributed by atoms with Gasteiger partial charge in [-0.05, 0) is 56.6 Å². The van der Waals surface area contributed by atoms with Gasteiger partial charge in [0.2, 0.25) is 0 Å². The van der Waals surface area contributed by atoms with Crippen LogP contribution in [0.3, 0.4) is 0 Å². The van der Waals surface area contributed by atoms with Crippen LogP contribution >= 0.6 is 0 Å². The van der Waals surface area contributed by atoms with Gasteiger partial charge < -0.3 is 14.5 Å². The van der Waals surface area contributed by atoms with E-state index in [0.29, 0.717) is 12.3 Å². The predicted molar refractivity (Wildman–Crippen MR) is 92.3 cm³/mol. The van der Waals surface area contributed by atoms with E-state index in [2.05, 4.69) is 16.3 Å². The molecule has 24 heavy (non-hydrogen) atoms. The third-order valence-electron chi connectivity index (χ3n) is 4.58. The Morgan fingerprint density at radius 2 is 2.12 bits per heavy atom. The zero-order valence-corrected chi connectivity index (χ0v) is 14.2. The SMILES string of the molecule is COc1cccc(C(CNC(=O)c2occc2C)N2CCCC2)c1. The summed E-state index contributed by atoms with van der Waals surface area (Å²) >= 11 is 0. The summed E-state index contributed by atoms with van der Waals surface area (Å²) in [6.07, 6.45) is 3.95. The molecule has 1 atom stereocenters. The second-order valence-corrected chi connectivity index (χ2v) is 6.18. The molecule has 1 unspecified atom stereocenters. The number of hydrogen-bond donors (Lipinski definition) is 1. The maximum Gasteiger partial charge on any atom is 0.287 e. The van der Waals surface area contributed by atoms with Crippen LogP contribution in [0.5, 0.6) is 5.75 Å². The lowest BCUT2D eigenvalue weighted by molar-refractivity contribution is 0.0909. The van der Waals surface area contributed by atoms with Gasteiger partial charge in [-0.25, -0.2) is 0 Å². The van der Waals surface area contributed by atoms with E-state index in [0.717, 1.165) is 30.0 Å². The molecule has 5 heteroatoms. The molecule has 1 aliphatic heterocycles. The number of benzene rings is 1. The molecule has 1 aromatic heterocycles. The Hall–Kier alpha value is -2.27. The Kier molecular flexibility index (Phi) is 5.20. The highest BCUT2D eigenvalue weighted by atomic mass is 16.5. The van der Waals surface area contributed by atoms with Crippen molar-refractivity contribution in [1.82, 2.24) is 10.2 Å². The Morgan fingerprint density at radius 1 is 1.33 bits per heavy atom. The first-order chi connectivity index (χ1) is 11.7. The molecule has 0 saturated carbocycles. The molecule has 1 aliphatic rings. The number of furan rings is 1. The maximum absolute atomic E-state index is 12.4. The molecule has 128 valence electrons. The lowest BCUT2D eigenvalue weighted by Gasteiger charge is -2.28. The molecule has 3 rings (SSSR count). The zero-order valence-electron chi connectivity index (χ0n) is 14.2. The molecule has 2 aromatic rings. The lowest BCUT2D eigenvalue weighted by atomic mass is 10.0. The van der Waals surface area contributed by atoms with E-state index in [1.165, 1.54) is 12.8 Å². The summed E-state index contributed by atoms with van der Waals surface area (Å²) in [4.78, 5) is 14.8. The molecule has 1 N–H and O–H groups in total. The average molecular weight is 328 g/mol. The lowest BCUT2D eigenvalue weighted by Crippen LogP contribution is -2.36. The quantitative estimate of drug-likeness (QED) is 0.885. The molecule has 2 heterocycles. The number of hydrogen-bond acceptors (Lipinski definition) is 4. The first-order valence-electron chi connectivity index (χ1n) is 8.39. The highest BCUT2D eigenvalue weighted by Gasteiger charge is 2.25. The maximum atomic E-state index is 12.4. The summed E-state index contributed by atoms with van der Waals surface area (Å²) < 4.78 is 10.6. The standard InChI is InChI=1S/C19H24N2O3/c1-14-8-11-24-18(14)19(22)20-13-17(21-9-3-4-10-21)15-6-5-7-16(12-15)23-2/h5-8,11-12,17H,3-4,9-10,13H2,1-2H3,(H,20,22). The molecule has 0 radical (unpaired) electrons. The monoisotopic (exact) mass is 328 g/mol. The number of carbonyl (C=O) groups excluding carboxylic acids is 1. The summed E-state index contributed by atoms with van der Waals surface area (Å²) in [5, 5.41) is 3.02. The highest BCUT2D eigenvalue weighted by molar-refractivity contribution is 5.92. The van der Waals surface area contributed by atoms with Gasteiger partial charge >= 0.3 is 0 Å². The number of carbonyl (C=O) groups is 1. The minimum Gasteiger partial charge on any atom is -0.497 e. The van der Waals surface area contributed by atoms with Crippen molar-refractivity contribution in [1.29, 1.82) is 0 Å². The van der Waals surface area contributed by atoms with Gasteiger partial charge in [0.1, 0.15) is 5.75 Å². The second-order valence-electron chi connectivity index (χ2n) is 6.18. The normalized spacial score (nSPS) is 16.1. The second kappa shape index (κ2) is 7.53. The third-order valence-corrected chi connectivity index (χ3v) is 4.58. The van der Waals surface area contributed by atoms with Gasteiger partial charge in [-0.1, -0.05) is 12.1 Å². The van der Waals surface area contributed by atoms with Crippen LogP contribution in [0, 0.1) is 6.92 Å². The van der Waals surface area contributed by atoms with Crippen LogP contribution in [-0.4, -0.2) is 37.6 Å². The number of likely N-dealkylation sites (tertiary alicyclic amines) is 1. The van der Waals surface area contributed by atoms with E-state index < -0.39 is 0 Å². The number of methoxy groups -OCH3 is 1. The predicted octanol–water partition coefficient (Wildman–Crippen LogP) is 3.16. The van der Waals surface area contributed by atoms with Crippen molar-refractivity contribution in [2.45, 2.75) is 25.8 Å². The largest absolute Gasteiger partial charge is 0.497 e. The van der Waals surface area contributed by atoms with Crippen molar-refractivity contribution in [2.75, 3.05) is 26.7 Å². The van der Waals surface area contributed by atoms with Gasteiger partial charge in [0.15, 0.2) is 5.76 Å². The van der Waals surface area contributed by atoms with E-state index in [9.17, 15) is 4.79 Å². The molecule has 1 saturated heterocycles. The van der Waals surface area contributed by atoms with Crippen LogP contribution in [0.2, 0.25) is 0 Å². The summed E-state index contributed by atoms with van der Waals surface area (Å²) in [5.41, 5.74) is 2.01. The Labute approximate surface area is 142 Å². The summed E-state index contributed by atoms with van der Waals surface area (Å²) in [6, 6.07) is 10.0. The fraction of sp³-hybridized carbons (Fsp3) is 0.421. The van der Waals surface area contributed by atoms with Gasteiger partial charge in [-0.15, -0.1) is 0 Å². The molecule has 0 spiro atoms. The number of aryl methyl sites for hydroxylation is 1. The summed E-state index contributed by atoms with van der Waals surface area (Å²) in [7, 11) is 1.67. The molecule has 5 nitrogen and oxygen atoms in total. The first kappa shape index (κ1) is 16.6. The van der Waals surface area contributed by atoms with Crippen molar-refractivity contribution in [3.8, 4) is 5.75 Å². The molecule has 1 amide bonds. The van der Waals surface area contributed by atoms with Crippen LogP contribution in [0.4, 0.5) is 0 Å². The van der Waals surface area contributed by atoms with Crippen molar-refractivity contribution < 1.29 is 13.9 Å². The highest BCUT2D eigenvalue weighted by Crippen LogP contribution is 2.27. The van der Waals surface area contributed by atoms with Crippen molar-refractivity contribution in [3.05, 3.63) is 53.5 Å². The smallest absolute Gasteiger partial charge is 0.287 e. The zero-order chi connectivity index (χ0) is 16.9. The minimum atomic E-state index is -0.162. The number of rotatable bonds is 6. The molecule has 1 aromatic carbocycles. The van der Waals surface area contributed by atoms with Crippen LogP contribution < -0.4 is 10.1 Å². The van der Waals surface area contributed by atoms with E-state index in [4.69, 9.17) is 9.15 Å². The average Bonchev–Trinajstić information content (AvgIpc) is 3.27. The van der Waals surface area contributed by atoms with Crippen LogP contribution in [0.15, 0.2) is 41.0 Å². The molecular weight excluding hydrogens is 304 g/mol. The van der Waals surface area contributed by atoms with Gasteiger partial charge in [-0.3, -0.25) is 9.69 Å². The van der Waals surface area contributed by atoms with Crippen molar-refractivity contribution in [3.63, 3.8) is 0 Å². The van der Waals surface area contributed by atoms with E-state index >= 15 is 0 Å². The molecular formula is C19H24N2O3. The van der Waals surface area contributed by atoms with Gasteiger partial charge in [0.25, 0.3) is 5.91 Å². The fourth-order valence-corrected chi connectivity index (χ4v) is 3.23. The Bertz CT molecular complexity index is 689. The summed E-state index contributed by atoms with van der Waals surface area (Å²) in [6.45, 7) is 4.53. The van der Waals surface area contributed by atoms with Crippen LogP contribution in [0.1, 0.15) is 40.6 Å². The summed E-state index contributed by atoms with van der Waals surface area (Å²) in [5.74, 6) is 1.07.